The molecule has 5 heteroatoms. The molecule has 0 fully saturated rings. The fraction of sp³-hybridized carbons (Fsp3) is 0.0833. The van der Waals surface area contributed by atoms with E-state index in [0.717, 1.165) is 21.9 Å². The summed E-state index contributed by atoms with van der Waals surface area (Å²) in [6.07, 6.45) is 1.90. The second-order valence-corrected chi connectivity index (χ2v) is 7.25. The Morgan fingerprint density at radius 3 is 2.45 bits per heavy atom. The lowest BCUT2D eigenvalue weighted by Crippen LogP contribution is -2.21. The van der Waals surface area contributed by atoms with Gasteiger partial charge in [-0.05, 0) is 34.0 Å². The minimum atomic E-state index is -0.156. The average molecular weight is 403 g/mol. The number of nitrogens with one attached hydrogen (secondary N) is 1. The van der Waals surface area contributed by atoms with Crippen molar-refractivity contribution in [3.05, 3.63) is 112 Å². The molecule has 1 heterocycles. The molecule has 0 aliphatic carbocycles. The van der Waals surface area contributed by atoms with Crippen molar-refractivity contribution in [2.24, 2.45) is 0 Å². The highest BCUT2D eigenvalue weighted by atomic mass is 35.5. The van der Waals surface area contributed by atoms with Crippen LogP contribution in [0.25, 0.3) is 10.8 Å². The van der Waals surface area contributed by atoms with E-state index in [0.29, 0.717) is 17.3 Å². The minimum Gasteiger partial charge on any atom is -0.324 e. The van der Waals surface area contributed by atoms with E-state index in [9.17, 15) is 9.59 Å². The number of carbonyl (C=O) groups excluding carboxylic acids is 1. The standard InChI is InChI=1S/C24H19ClN2O2/c25-22-11-4-2-7-19(22)15-27-16-20(12-13-24(27)29)26-23(28)14-18-9-5-8-17-6-1-3-10-21(17)18/h1-13,16H,14-15H2,(H,26,28). The van der Waals surface area contributed by atoms with Crippen LogP contribution in [-0.2, 0) is 17.8 Å². The Balaban J connectivity index is 1.53. The first-order chi connectivity index (χ1) is 14.1. The zero-order chi connectivity index (χ0) is 20.2. The number of rotatable bonds is 5. The van der Waals surface area contributed by atoms with Crippen LogP contribution in [0.4, 0.5) is 5.69 Å². The lowest BCUT2D eigenvalue weighted by molar-refractivity contribution is -0.115. The van der Waals surface area contributed by atoms with Gasteiger partial charge in [0, 0.05) is 17.3 Å². The van der Waals surface area contributed by atoms with Crippen molar-refractivity contribution in [1.82, 2.24) is 4.57 Å². The van der Waals surface area contributed by atoms with Gasteiger partial charge in [-0.15, -0.1) is 0 Å². The molecular weight excluding hydrogens is 384 g/mol. The molecule has 0 aliphatic heterocycles. The molecule has 1 aromatic heterocycles. The molecule has 1 amide bonds. The maximum Gasteiger partial charge on any atom is 0.250 e. The summed E-state index contributed by atoms with van der Waals surface area (Å²) >= 11 is 6.20. The maximum atomic E-state index is 12.6. The minimum absolute atomic E-state index is 0.135. The number of nitrogens with zero attached hydrogens (tertiary/aromatic N) is 1. The van der Waals surface area contributed by atoms with Gasteiger partial charge in [-0.1, -0.05) is 72.3 Å². The van der Waals surface area contributed by atoms with Crippen molar-refractivity contribution < 1.29 is 4.79 Å². The average Bonchev–Trinajstić information content (AvgIpc) is 2.72. The van der Waals surface area contributed by atoms with Gasteiger partial charge in [-0.3, -0.25) is 9.59 Å². The van der Waals surface area contributed by atoms with Crippen LogP contribution in [0.2, 0.25) is 5.02 Å². The van der Waals surface area contributed by atoms with Crippen LogP contribution < -0.4 is 10.9 Å². The van der Waals surface area contributed by atoms with Crippen molar-refractivity contribution in [1.29, 1.82) is 0 Å². The largest absolute Gasteiger partial charge is 0.324 e. The van der Waals surface area contributed by atoms with Gasteiger partial charge >= 0.3 is 0 Å². The monoisotopic (exact) mass is 402 g/mol. The normalized spacial score (nSPS) is 10.8. The molecule has 0 unspecified atom stereocenters. The molecule has 0 saturated heterocycles. The molecule has 0 aliphatic rings. The third kappa shape index (κ3) is 4.39. The summed E-state index contributed by atoms with van der Waals surface area (Å²) in [4.78, 5) is 24.8. The molecule has 0 atom stereocenters. The van der Waals surface area contributed by atoms with Crippen molar-refractivity contribution in [3.8, 4) is 0 Å². The van der Waals surface area contributed by atoms with Crippen LogP contribution >= 0.6 is 11.6 Å². The first-order valence-corrected chi connectivity index (χ1v) is 9.68. The number of benzene rings is 3. The van der Waals surface area contributed by atoms with E-state index in [1.807, 2.05) is 60.7 Å². The molecule has 29 heavy (non-hydrogen) atoms. The number of aromatic nitrogens is 1. The van der Waals surface area contributed by atoms with Gasteiger partial charge in [0.2, 0.25) is 5.91 Å². The summed E-state index contributed by atoms with van der Waals surface area (Å²) in [6.45, 7) is 0.339. The van der Waals surface area contributed by atoms with Gasteiger partial charge < -0.3 is 9.88 Å². The molecule has 0 saturated carbocycles. The SMILES string of the molecule is O=C(Cc1cccc2ccccc12)Nc1ccc(=O)n(Cc2ccccc2Cl)c1. The number of amides is 1. The highest BCUT2D eigenvalue weighted by Gasteiger charge is 2.09. The van der Waals surface area contributed by atoms with Crippen LogP contribution in [-0.4, -0.2) is 10.5 Å². The Morgan fingerprint density at radius 1 is 0.862 bits per heavy atom. The summed E-state index contributed by atoms with van der Waals surface area (Å²) < 4.78 is 1.54. The molecular formula is C24H19ClN2O2. The molecule has 144 valence electrons. The van der Waals surface area contributed by atoms with Crippen LogP contribution in [0.3, 0.4) is 0 Å². The van der Waals surface area contributed by atoms with Crippen molar-refractivity contribution in [2.75, 3.05) is 5.32 Å². The van der Waals surface area contributed by atoms with E-state index >= 15 is 0 Å². The molecule has 4 rings (SSSR count). The van der Waals surface area contributed by atoms with Crippen molar-refractivity contribution in [3.63, 3.8) is 0 Å². The highest BCUT2D eigenvalue weighted by Crippen LogP contribution is 2.20. The number of carbonyl (C=O) groups is 1. The van der Waals surface area contributed by atoms with E-state index < -0.39 is 0 Å². The first-order valence-electron chi connectivity index (χ1n) is 9.30. The third-order valence-corrected chi connectivity index (χ3v) is 5.17. The predicted octanol–water partition coefficient (Wildman–Crippen LogP) is 4.88. The predicted molar refractivity (Wildman–Crippen MR) is 118 cm³/mol. The Labute approximate surface area is 173 Å². The quantitative estimate of drug-likeness (QED) is 0.517. The van der Waals surface area contributed by atoms with E-state index in [-0.39, 0.29) is 17.9 Å². The van der Waals surface area contributed by atoms with E-state index in [1.54, 1.807) is 18.3 Å². The van der Waals surface area contributed by atoms with Gasteiger partial charge in [0.15, 0.2) is 0 Å². The van der Waals surface area contributed by atoms with Gasteiger partial charge in [-0.25, -0.2) is 0 Å². The number of fused-ring (bicyclic) bond motifs is 1. The highest BCUT2D eigenvalue weighted by molar-refractivity contribution is 6.31. The fourth-order valence-corrected chi connectivity index (χ4v) is 3.56. The van der Waals surface area contributed by atoms with E-state index in [2.05, 4.69) is 5.32 Å². The topological polar surface area (TPSA) is 51.1 Å². The lowest BCUT2D eigenvalue weighted by Gasteiger charge is -2.11. The van der Waals surface area contributed by atoms with Crippen LogP contribution in [0.1, 0.15) is 11.1 Å². The van der Waals surface area contributed by atoms with Crippen LogP contribution in [0.5, 0.6) is 0 Å². The van der Waals surface area contributed by atoms with Gasteiger partial charge in [-0.2, -0.15) is 0 Å². The number of anilines is 1. The zero-order valence-electron chi connectivity index (χ0n) is 15.6. The zero-order valence-corrected chi connectivity index (χ0v) is 16.4. The Kier molecular flexibility index (Phi) is 5.45. The Morgan fingerprint density at radius 2 is 1.59 bits per heavy atom. The summed E-state index contributed by atoms with van der Waals surface area (Å²) in [5, 5.41) is 5.66. The molecule has 4 aromatic rings. The van der Waals surface area contributed by atoms with Gasteiger partial charge in [0.25, 0.3) is 5.56 Å². The van der Waals surface area contributed by atoms with Crippen molar-refractivity contribution in [2.45, 2.75) is 13.0 Å². The number of halogens is 1. The molecule has 0 radical (unpaired) electrons. The summed E-state index contributed by atoms with van der Waals surface area (Å²) in [7, 11) is 0. The Bertz CT molecular complexity index is 1240. The second-order valence-electron chi connectivity index (χ2n) is 6.84. The number of hydrogen-bond acceptors (Lipinski definition) is 2. The molecule has 4 nitrogen and oxygen atoms in total. The Hall–Kier alpha value is -3.37. The second kappa shape index (κ2) is 8.33. The molecule has 0 spiro atoms. The summed E-state index contributed by atoms with van der Waals surface area (Å²) in [5.41, 5.74) is 2.22. The van der Waals surface area contributed by atoms with Crippen LogP contribution in [0, 0.1) is 0 Å². The van der Waals surface area contributed by atoms with E-state index in [4.69, 9.17) is 11.6 Å². The first kappa shape index (κ1) is 19.0. The summed E-state index contributed by atoms with van der Waals surface area (Å²) in [6, 6.07) is 24.4. The maximum absolute atomic E-state index is 12.6. The number of hydrogen-bond donors (Lipinski definition) is 1. The third-order valence-electron chi connectivity index (χ3n) is 4.80. The van der Waals surface area contributed by atoms with Gasteiger partial charge in [0.1, 0.15) is 0 Å². The van der Waals surface area contributed by atoms with Crippen molar-refractivity contribution >= 4 is 34.0 Å². The molecule has 1 N–H and O–H groups in total. The fourth-order valence-electron chi connectivity index (χ4n) is 3.36. The molecule has 3 aromatic carbocycles. The number of pyridine rings is 1. The molecule has 0 bridgehead atoms. The lowest BCUT2D eigenvalue weighted by atomic mass is 10.0. The van der Waals surface area contributed by atoms with Crippen LogP contribution in [0.15, 0.2) is 89.9 Å². The summed E-state index contributed by atoms with van der Waals surface area (Å²) in [5.74, 6) is -0.135. The van der Waals surface area contributed by atoms with Gasteiger partial charge in [0.05, 0.1) is 18.7 Å². The van der Waals surface area contributed by atoms with E-state index in [1.165, 1.54) is 10.6 Å². The smallest absolute Gasteiger partial charge is 0.250 e.